The molecule has 96 heavy (non-hydrogen) atoms. The van der Waals surface area contributed by atoms with Crippen LogP contribution in [0.25, 0.3) is 16.9 Å². The molecular weight excluding hydrogens is 1200 g/mol. The minimum absolute atomic E-state index is 0.908. The molecule has 0 atom stereocenters. The first-order chi connectivity index (χ1) is 47.6. The molecule has 0 bridgehead atoms. The van der Waals surface area contributed by atoms with Crippen molar-refractivity contribution in [1.82, 2.24) is 0 Å². The van der Waals surface area contributed by atoms with Crippen molar-refractivity contribution in [2.24, 2.45) is 0 Å². The van der Waals surface area contributed by atoms with Crippen molar-refractivity contribution >= 4 is 11.4 Å². The summed E-state index contributed by atoms with van der Waals surface area (Å²) in [6, 6.07) is 17.6. The van der Waals surface area contributed by atoms with Gasteiger partial charge in [0, 0.05) is 22.8 Å². The van der Waals surface area contributed by atoms with E-state index >= 15 is 0 Å². The zero-order valence-electron chi connectivity index (χ0n) is 65.8. The number of aryl methyl sites for hydroxylation is 2. The van der Waals surface area contributed by atoms with Crippen LogP contribution >= 0.6 is 0 Å². The Morgan fingerprint density at radius 2 is 0.479 bits per heavy atom. The van der Waals surface area contributed by atoms with Crippen LogP contribution in [0.15, 0.2) is 60.2 Å². The van der Waals surface area contributed by atoms with E-state index in [1.54, 1.807) is 0 Å². The summed E-state index contributed by atoms with van der Waals surface area (Å²) in [6.45, 7) is 11.4. The normalized spacial score (nSPS) is 12.4. The topological polar surface area (TPSA) is 25.3 Å². The summed E-state index contributed by atoms with van der Waals surface area (Å²) in [6.07, 6.45) is 103. The van der Waals surface area contributed by atoms with Crippen LogP contribution < -0.4 is 0 Å². The van der Waals surface area contributed by atoms with E-state index in [1.807, 2.05) is 0 Å². The first kappa shape index (κ1) is 90.1. The molecule has 0 saturated carbocycles. The van der Waals surface area contributed by atoms with Crippen molar-refractivity contribution < 1.29 is 19.1 Å². The molecule has 2 aromatic carbocycles. The Labute approximate surface area is 609 Å². The third kappa shape index (κ3) is 55.7. The van der Waals surface area contributed by atoms with Gasteiger partial charge in [-0.2, -0.15) is 0 Å². The van der Waals surface area contributed by atoms with Gasteiger partial charge in [0.2, 0.25) is 11.4 Å². The van der Waals surface area contributed by atoms with Crippen molar-refractivity contribution in [1.29, 1.82) is 0 Å². The number of nitrogens with zero attached hydrogens (tertiary/aromatic N) is 2. The fourth-order valence-corrected chi connectivity index (χ4v) is 16.0. The number of rotatable bonds is 74. The van der Waals surface area contributed by atoms with E-state index in [2.05, 4.69) is 104 Å². The minimum Gasteiger partial charge on any atom is -0.493 e. The van der Waals surface area contributed by atoms with Gasteiger partial charge in [-0.05, 0) is 73.9 Å². The molecule has 0 radical (unpaired) electrons. The molecule has 1 aliphatic rings. The molecule has 0 N–H and O–H groups in total. The van der Waals surface area contributed by atoms with Crippen molar-refractivity contribution in [2.75, 3.05) is 0 Å². The fraction of sp³-hybridized carbons (Fsp3) is 0.828. The zero-order valence-corrected chi connectivity index (χ0v) is 66.8. The Hall–Kier alpha value is -1.99. The molecule has 3 heteroatoms. The molecule has 0 aliphatic carbocycles. The van der Waals surface area contributed by atoms with Crippen molar-refractivity contribution in [3.05, 3.63) is 88.0 Å². The predicted molar refractivity (Wildman–Crippen MR) is 431 cm³/mol. The maximum atomic E-state index is 11.4. The molecule has 1 heterocycles. The molecule has 0 aromatic heterocycles. The van der Waals surface area contributed by atoms with Crippen LogP contribution in [0.5, 0.6) is 0 Å². The van der Waals surface area contributed by atoms with Crippen LogP contribution in [0.4, 0.5) is 0 Å². The van der Waals surface area contributed by atoms with Gasteiger partial charge >= 0.3 is 166 Å². The van der Waals surface area contributed by atoms with Crippen LogP contribution in [0, 0.1) is 0 Å². The Morgan fingerprint density at radius 1 is 0.250 bits per heavy atom. The summed E-state index contributed by atoms with van der Waals surface area (Å²) in [5.41, 5.74) is 19.5. The average Bonchev–Trinajstić information content (AvgIpc) is 1.63. The SMILES string of the molecule is CCCCCCCCCCCCCCCCCCCCCCCCCCCCC[CH2][Ni][CH2]CCCCCCCCCCCCCCCCCCCCCCCCCCCCC.CCCCCCCCc1cccc(C2=C(CCCCC)C=C(c3cccc(CCCC)c3)[N+]2=[N-])c1. The molecule has 3 rings (SSSR count). The Bertz CT molecular complexity index is 1940. The summed E-state index contributed by atoms with van der Waals surface area (Å²) in [4.78, 5) is 0. The molecule has 0 spiro atoms. The molecule has 560 valence electrons. The van der Waals surface area contributed by atoms with Crippen LogP contribution in [0.2, 0.25) is 10.8 Å². The predicted octanol–water partition coefficient (Wildman–Crippen LogP) is 34.1. The molecule has 2 aromatic rings. The Kier molecular flexibility index (Phi) is 68.3. The van der Waals surface area contributed by atoms with Crippen LogP contribution in [0.1, 0.15) is 493 Å². The van der Waals surface area contributed by atoms with Gasteiger partial charge in [-0.25, -0.2) is 4.70 Å². The molecule has 1 aliphatic heterocycles. The first-order valence-corrected chi connectivity index (χ1v) is 45.6. The summed E-state index contributed by atoms with van der Waals surface area (Å²) < 4.78 is 1.46. The summed E-state index contributed by atoms with van der Waals surface area (Å²) in [5, 5.41) is 2.87. The van der Waals surface area contributed by atoms with Gasteiger partial charge in [-0.15, -0.1) is 0 Å². The standard InChI is InChI=1S/C33H46N2.2C30H61.Ni/c1-4-7-10-11-12-14-18-28-20-16-23-30(25-28)33-31(21-13-8-5-2)26-32(35(33)34)29-22-15-19-27(24-29)17-9-6-3;2*1-3-5-7-9-11-13-15-17-19-21-23-25-27-29-30-28-26-24-22-20-18-16-14-12-10-8-6-4-2;/h15-16,19-20,22-26H,4-14,17-18,21H2,1-3H3;2*1,3-30H2,2H3;. The molecule has 0 amide bonds. The number of allylic oxidation sites excluding steroid dienone is 2. The van der Waals surface area contributed by atoms with E-state index in [4.69, 9.17) is 0 Å². The van der Waals surface area contributed by atoms with Gasteiger partial charge in [0.25, 0.3) is 0 Å². The smallest absolute Gasteiger partial charge is 0.493 e. The molecule has 0 saturated heterocycles. The van der Waals surface area contributed by atoms with Gasteiger partial charge in [-0.1, -0.05) is 329 Å². The molecule has 0 fully saturated rings. The summed E-state index contributed by atoms with van der Waals surface area (Å²) in [5.74, 6) is 0. The van der Waals surface area contributed by atoms with Gasteiger partial charge in [-0.3, -0.25) is 0 Å². The third-order valence-corrected chi connectivity index (χ3v) is 22.7. The van der Waals surface area contributed by atoms with Gasteiger partial charge in [0.05, 0.1) is 0 Å². The van der Waals surface area contributed by atoms with Gasteiger partial charge in [0.15, 0.2) is 0 Å². The first-order valence-electron chi connectivity index (χ1n) is 44.2. The number of unbranched alkanes of at least 4 members (excludes halogenated alkanes) is 62. The van der Waals surface area contributed by atoms with Gasteiger partial charge < -0.3 is 5.53 Å². The van der Waals surface area contributed by atoms with Crippen LogP contribution in [0.3, 0.4) is 0 Å². The number of hydrogen-bond acceptors (Lipinski definition) is 0. The molecular formula is C93H168N2Ni. The van der Waals surface area contributed by atoms with Crippen molar-refractivity contribution in [3.8, 4) is 0 Å². The van der Waals surface area contributed by atoms with Crippen molar-refractivity contribution in [2.45, 2.75) is 495 Å². The van der Waals surface area contributed by atoms with Gasteiger partial charge in [0.1, 0.15) is 0 Å². The average molecular weight is 1370 g/mol. The molecule has 0 unspecified atom stereocenters. The monoisotopic (exact) mass is 1370 g/mol. The second-order valence-corrected chi connectivity index (χ2v) is 32.2. The van der Waals surface area contributed by atoms with E-state index in [9.17, 15) is 5.53 Å². The van der Waals surface area contributed by atoms with E-state index < -0.39 is 0 Å². The number of benzene rings is 2. The maximum absolute atomic E-state index is 11.4. The fourth-order valence-electron chi connectivity index (χ4n) is 14.8. The van der Waals surface area contributed by atoms with E-state index in [1.165, 1.54) is 456 Å². The van der Waals surface area contributed by atoms with E-state index in [-0.39, 0.29) is 0 Å². The minimum atomic E-state index is 0.908. The van der Waals surface area contributed by atoms with Crippen molar-refractivity contribution in [3.63, 3.8) is 0 Å². The van der Waals surface area contributed by atoms with Crippen LogP contribution in [-0.4, -0.2) is 4.70 Å². The zero-order chi connectivity index (χ0) is 68.6. The molecule has 2 nitrogen and oxygen atoms in total. The number of hydrogen-bond donors (Lipinski definition) is 0. The summed E-state index contributed by atoms with van der Waals surface area (Å²) in [7, 11) is 0. The third-order valence-electron chi connectivity index (χ3n) is 21.3. The Balaban J connectivity index is 0.000000750. The summed E-state index contributed by atoms with van der Waals surface area (Å²) >= 11 is 2.06. The van der Waals surface area contributed by atoms with E-state index in [0.717, 1.165) is 48.2 Å². The quantitative estimate of drug-likeness (QED) is 0.0358. The Morgan fingerprint density at radius 3 is 0.781 bits per heavy atom. The van der Waals surface area contributed by atoms with Crippen LogP contribution in [-0.2, 0) is 27.3 Å². The van der Waals surface area contributed by atoms with E-state index in [0.29, 0.717) is 0 Å². The second-order valence-electron chi connectivity index (χ2n) is 30.8. The second kappa shape index (κ2) is 72.8.